The van der Waals surface area contributed by atoms with Gasteiger partial charge in [0.25, 0.3) is 0 Å². The number of benzene rings is 3. The number of carbonyl (C=O) groups is 2. The Morgan fingerprint density at radius 1 is 1.00 bits per heavy atom. The number of amides is 1. The number of ether oxygens (including phenoxy) is 3. The van der Waals surface area contributed by atoms with Crippen LogP contribution in [-0.4, -0.2) is 47.8 Å². The summed E-state index contributed by atoms with van der Waals surface area (Å²) in [6.07, 6.45) is 1.56. The Morgan fingerprint density at radius 2 is 1.76 bits per heavy atom. The number of carboxylic acid groups (broad SMARTS) is 1. The Balaban J connectivity index is 1.68. The first-order chi connectivity index (χ1) is 19.7. The number of carboxylic acids is 1. The highest BCUT2D eigenvalue weighted by molar-refractivity contribution is 6.35. The number of fused-ring (bicyclic) bond motifs is 1. The molecule has 0 unspecified atom stereocenters. The van der Waals surface area contributed by atoms with Gasteiger partial charge in [-0.1, -0.05) is 55.8 Å². The monoisotopic (exact) mass is 579 g/mol. The van der Waals surface area contributed by atoms with Crippen LogP contribution >= 0.6 is 11.6 Å². The van der Waals surface area contributed by atoms with E-state index in [1.54, 1.807) is 29.2 Å². The lowest BCUT2D eigenvalue weighted by Gasteiger charge is -2.25. The fraction of sp³-hybridized carbons (Fsp3) is 0.323. The smallest absolute Gasteiger partial charge is 0.341 e. The Kier molecular flexibility index (Phi) is 9.73. The zero-order valence-electron chi connectivity index (χ0n) is 23.6. The molecule has 0 saturated heterocycles. The van der Waals surface area contributed by atoms with Crippen LogP contribution in [0, 0.1) is 5.92 Å². The Labute approximate surface area is 244 Å². The molecule has 0 aliphatic rings. The Hall–Kier alpha value is -4.24. The number of anilines is 1. The fourth-order valence-corrected chi connectivity index (χ4v) is 4.92. The van der Waals surface area contributed by atoms with Crippen LogP contribution in [-0.2, 0) is 22.6 Å². The first kappa shape index (κ1) is 29.7. The first-order valence-corrected chi connectivity index (χ1v) is 13.7. The molecule has 1 amide bonds. The van der Waals surface area contributed by atoms with E-state index in [4.69, 9.17) is 35.9 Å². The molecule has 4 aromatic rings. The maximum atomic E-state index is 13.5. The van der Waals surface area contributed by atoms with Crippen LogP contribution in [0.15, 0.2) is 54.6 Å². The third-order valence-corrected chi connectivity index (χ3v) is 7.02. The van der Waals surface area contributed by atoms with Crippen molar-refractivity contribution in [1.29, 1.82) is 0 Å². The topological polar surface area (TPSA) is 114 Å². The highest BCUT2D eigenvalue weighted by atomic mass is 35.5. The molecule has 0 aliphatic carbocycles. The molecular formula is C31H34ClN3O6. The van der Waals surface area contributed by atoms with E-state index in [1.165, 1.54) is 14.2 Å². The van der Waals surface area contributed by atoms with Crippen LogP contribution in [0.4, 0.5) is 5.69 Å². The molecule has 1 heterocycles. The van der Waals surface area contributed by atoms with Gasteiger partial charge < -0.3 is 29.2 Å². The van der Waals surface area contributed by atoms with Crippen molar-refractivity contribution >= 4 is 40.2 Å². The molecule has 0 radical (unpaired) electrons. The van der Waals surface area contributed by atoms with Gasteiger partial charge in [0.15, 0.2) is 18.1 Å². The largest absolute Gasteiger partial charge is 0.493 e. The number of rotatable bonds is 13. The molecule has 0 saturated carbocycles. The van der Waals surface area contributed by atoms with Crippen LogP contribution in [0.1, 0.15) is 43.6 Å². The van der Waals surface area contributed by atoms with Crippen molar-refractivity contribution in [2.24, 2.45) is 5.92 Å². The number of aromatic nitrogens is 2. The zero-order valence-corrected chi connectivity index (χ0v) is 24.3. The first-order valence-electron chi connectivity index (χ1n) is 13.3. The molecule has 1 aromatic heterocycles. The second-order valence-corrected chi connectivity index (χ2v) is 10.4. The third kappa shape index (κ3) is 7.10. The predicted octanol–water partition coefficient (Wildman–Crippen LogP) is 6.26. The van der Waals surface area contributed by atoms with E-state index in [0.717, 1.165) is 28.6 Å². The molecule has 0 bridgehead atoms. The summed E-state index contributed by atoms with van der Waals surface area (Å²) in [7, 11) is 3.03. The zero-order chi connectivity index (χ0) is 29.5. The summed E-state index contributed by atoms with van der Waals surface area (Å²) in [6.45, 7) is 3.89. The predicted molar refractivity (Wildman–Crippen MR) is 158 cm³/mol. The lowest BCUT2D eigenvalue weighted by molar-refractivity contribution is -0.139. The molecular weight excluding hydrogens is 546 g/mol. The standard InChI is InChI=1S/C31H34ClN3O6/c1-19(2)12-15-27(36)35(23-13-14-25(39-3)31(40-4)29(23)32)17-26-33-22-10-7-9-21(30(22)34-26)16-20-8-5-6-11-24(20)41-18-28(37)38/h5-11,13-14,19H,12,15-18H2,1-4H3,(H,33,34)(H,37,38). The molecule has 9 nitrogen and oxygen atoms in total. The average Bonchev–Trinajstić information content (AvgIpc) is 3.38. The van der Waals surface area contributed by atoms with Crippen molar-refractivity contribution in [2.45, 2.75) is 39.7 Å². The van der Waals surface area contributed by atoms with E-state index in [2.05, 4.69) is 18.8 Å². The highest BCUT2D eigenvalue weighted by Gasteiger charge is 2.24. The van der Waals surface area contributed by atoms with Gasteiger partial charge in [0.1, 0.15) is 16.6 Å². The molecule has 0 fully saturated rings. The van der Waals surface area contributed by atoms with Gasteiger partial charge in [-0.25, -0.2) is 9.78 Å². The number of aromatic amines is 1. The van der Waals surface area contributed by atoms with Gasteiger partial charge in [0.2, 0.25) is 5.91 Å². The lowest BCUT2D eigenvalue weighted by Crippen LogP contribution is -2.31. The highest BCUT2D eigenvalue weighted by Crippen LogP contribution is 2.42. The number of methoxy groups -OCH3 is 2. The second-order valence-electron chi connectivity index (χ2n) is 10.0. The minimum atomic E-state index is -1.04. The van der Waals surface area contributed by atoms with Crippen LogP contribution in [0.3, 0.4) is 0 Å². The fourth-order valence-electron chi connectivity index (χ4n) is 4.59. The summed E-state index contributed by atoms with van der Waals surface area (Å²) in [4.78, 5) is 34.4. The van der Waals surface area contributed by atoms with Gasteiger partial charge in [-0.05, 0) is 47.7 Å². The maximum absolute atomic E-state index is 13.5. The van der Waals surface area contributed by atoms with Gasteiger partial charge in [-0.15, -0.1) is 0 Å². The molecule has 216 valence electrons. The number of nitrogens with zero attached hydrogens (tertiary/aromatic N) is 2. The quantitative estimate of drug-likeness (QED) is 0.192. The molecule has 4 rings (SSSR count). The van der Waals surface area contributed by atoms with Crippen molar-refractivity contribution in [3.05, 3.63) is 76.6 Å². The van der Waals surface area contributed by atoms with Crippen molar-refractivity contribution in [3.8, 4) is 17.2 Å². The summed E-state index contributed by atoms with van der Waals surface area (Å²) < 4.78 is 16.4. The van der Waals surface area contributed by atoms with Crippen molar-refractivity contribution < 1.29 is 28.9 Å². The van der Waals surface area contributed by atoms with Gasteiger partial charge >= 0.3 is 5.97 Å². The number of hydrogen-bond donors (Lipinski definition) is 2. The number of carbonyl (C=O) groups excluding carboxylic acids is 1. The summed E-state index contributed by atoms with van der Waals surface area (Å²) in [5.74, 6) is 1.15. The van der Waals surface area contributed by atoms with E-state index in [-0.39, 0.29) is 17.5 Å². The Bertz CT molecular complexity index is 1530. The molecule has 41 heavy (non-hydrogen) atoms. The minimum absolute atomic E-state index is 0.0852. The maximum Gasteiger partial charge on any atom is 0.341 e. The molecule has 0 spiro atoms. The van der Waals surface area contributed by atoms with Crippen LogP contribution < -0.4 is 19.1 Å². The van der Waals surface area contributed by atoms with E-state index in [1.807, 2.05) is 30.3 Å². The van der Waals surface area contributed by atoms with E-state index in [9.17, 15) is 9.59 Å². The normalized spacial score (nSPS) is 11.1. The summed E-state index contributed by atoms with van der Waals surface area (Å²) >= 11 is 6.74. The van der Waals surface area contributed by atoms with E-state index >= 15 is 0 Å². The Morgan fingerprint density at radius 3 is 2.46 bits per heavy atom. The molecule has 3 aromatic carbocycles. The summed E-state index contributed by atoms with van der Waals surface area (Å²) in [5.41, 5.74) is 3.84. The number of halogens is 1. The lowest BCUT2D eigenvalue weighted by atomic mass is 10.0. The van der Waals surface area contributed by atoms with Crippen molar-refractivity contribution in [1.82, 2.24) is 9.97 Å². The summed E-state index contributed by atoms with van der Waals surface area (Å²) in [6, 6.07) is 16.6. The summed E-state index contributed by atoms with van der Waals surface area (Å²) in [5, 5.41) is 9.31. The van der Waals surface area contributed by atoms with Gasteiger partial charge in [0.05, 0.1) is 37.5 Å². The van der Waals surface area contributed by atoms with Gasteiger partial charge in [-0.2, -0.15) is 0 Å². The third-order valence-electron chi connectivity index (χ3n) is 6.65. The molecule has 0 aliphatic heterocycles. The number of hydrogen-bond acceptors (Lipinski definition) is 6. The second kappa shape index (κ2) is 13.4. The number of aliphatic carboxylic acids is 1. The van der Waals surface area contributed by atoms with Crippen LogP contribution in [0.2, 0.25) is 5.02 Å². The van der Waals surface area contributed by atoms with E-state index < -0.39 is 12.6 Å². The number of imidazole rings is 1. The average molecular weight is 580 g/mol. The van der Waals surface area contributed by atoms with Crippen LogP contribution in [0.25, 0.3) is 11.0 Å². The minimum Gasteiger partial charge on any atom is -0.493 e. The van der Waals surface area contributed by atoms with Crippen molar-refractivity contribution in [3.63, 3.8) is 0 Å². The van der Waals surface area contributed by atoms with Gasteiger partial charge in [0, 0.05) is 12.8 Å². The van der Waals surface area contributed by atoms with Crippen LogP contribution in [0.5, 0.6) is 17.2 Å². The molecule has 0 atom stereocenters. The molecule has 2 N–H and O–H groups in total. The molecule has 10 heteroatoms. The van der Waals surface area contributed by atoms with Gasteiger partial charge in [-0.3, -0.25) is 4.79 Å². The number of para-hydroxylation sites is 2. The SMILES string of the molecule is COc1ccc(N(Cc2nc3c(Cc4ccccc4OCC(=O)O)cccc3[nH]2)C(=O)CCC(C)C)c(Cl)c1OC. The van der Waals surface area contributed by atoms with Crippen molar-refractivity contribution in [2.75, 3.05) is 25.7 Å². The number of H-pyrrole nitrogens is 1. The number of nitrogens with one attached hydrogen (secondary N) is 1. The van der Waals surface area contributed by atoms with E-state index in [0.29, 0.717) is 47.5 Å².